The zero-order valence-corrected chi connectivity index (χ0v) is 15.2. The summed E-state index contributed by atoms with van der Waals surface area (Å²) in [6.07, 6.45) is 5.86. The highest BCUT2D eigenvalue weighted by Gasteiger charge is 2.16. The van der Waals surface area contributed by atoms with Crippen LogP contribution in [0.25, 0.3) is 0 Å². The van der Waals surface area contributed by atoms with E-state index < -0.39 is 0 Å². The van der Waals surface area contributed by atoms with Gasteiger partial charge in [-0.15, -0.1) is 0 Å². The van der Waals surface area contributed by atoms with Gasteiger partial charge in [-0.05, 0) is 63.9 Å². The van der Waals surface area contributed by atoms with Crippen LogP contribution < -0.4 is 15.5 Å². The van der Waals surface area contributed by atoms with Crippen molar-refractivity contribution < 1.29 is 4.79 Å². The molecule has 1 amide bonds. The first-order valence-electron chi connectivity index (χ1n) is 8.80. The third-order valence-electron chi connectivity index (χ3n) is 4.12. The topological polar surface area (TPSA) is 57.3 Å². The summed E-state index contributed by atoms with van der Waals surface area (Å²) in [5, 5.41) is 6.27. The summed E-state index contributed by atoms with van der Waals surface area (Å²) in [7, 11) is 0. The number of pyridine rings is 1. The van der Waals surface area contributed by atoms with Gasteiger partial charge < -0.3 is 15.5 Å². The molecule has 2 N–H and O–H groups in total. The summed E-state index contributed by atoms with van der Waals surface area (Å²) in [6.45, 7) is 8.16. The first-order valence-corrected chi connectivity index (χ1v) is 8.80. The fraction of sp³-hybridized carbons (Fsp3) is 0.400. The minimum absolute atomic E-state index is 0.118. The Balaban J connectivity index is 1.68. The van der Waals surface area contributed by atoms with Crippen molar-refractivity contribution in [2.24, 2.45) is 0 Å². The molecular weight excluding hydrogens is 312 g/mol. The van der Waals surface area contributed by atoms with E-state index >= 15 is 0 Å². The number of hydrogen-bond acceptors (Lipinski definition) is 4. The summed E-state index contributed by atoms with van der Waals surface area (Å²) in [5.74, 6) is -0.118. The van der Waals surface area contributed by atoms with E-state index in [4.69, 9.17) is 0 Å². The van der Waals surface area contributed by atoms with Crippen molar-refractivity contribution in [1.29, 1.82) is 0 Å². The Kier molecular flexibility index (Phi) is 4.93. The van der Waals surface area contributed by atoms with E-state index in [1.54, 1.807) is 12.4 Å². The van der Waals surface area contributed by atoms with Gasteiger partial charge in [0, 0.05) is 36.2 Å². The minimum Gasteiger partial charge on any atom is -0.372 e. The van der Waals surface area contributed by atoms with Gasteiger partial charge in [0.25, 0.3) is 5.91 Å². The molecule has 2 aromatic rings. The van der Waals surface area contributed by atoms with E-state index in [-0.39, 0.29) is 11.4 Å². The summed E-state index contributed by atoms with van der Waals surface area (Å²) in [5.41, 5.74) is 3.33. The van der Waals surface area contributed by atoms with Crippen LogP contribution in [0.4, 0.5) is 17.1 Å². The molecule has 1 aromatic carbocycles. The van der Waals surface area contributed by atoms with Crippen molar-refractivity contribution in [2.75, 3.05) is 23.3 Å². The maximum atomic E-state index is 12.3. The highest BCUT2D eigenvalue weighted by atomic mass is 16.1. The molecule has 1 aromatic heterocycles. The number of carbonyl (C=O) groups is 1. The summed E-state index contributed by atoms with van der Waals surface area (Å²) in [4.78, 5) is 18.9. The molecule has 0 radical (unpaired) electrons. The molecule has 0 spiro atoms. The Morgan fingerprint density at radius 1 is 1.04 bits per heavy atom. The highest BCUT2D eigenvalue weighted by Crippen LogP contribution is 2.24. The quantitative estimate of drug-likeness (QED) is 0.886. The lowest BCUT2D eigenvalue weighted by Gasteiger charge is -2.20. The van der Waals surface area contributed by atoms with Crippen LogP contribution in [0.1, 0.15) is 44.0 Å². The van der Waals surface area contributed by atoms with Gasteiger partial charge in [0.1, 0.15) is 0 Å². The van der Waals surface area contributed by atoms with Crippen LogP contribution >= 0.6 is 0 Å². The van der Waals surface area contributed by atoms with Gasteiger partial charge in [-0.2, -0.15) is 0 Å². The van der Waals surface area contributed by atoms with Crippen molar-refractivity contribution in [3.63, 3.8) is 0 Å². The van der Waals surface area contributed by atoms with Crippen LogP contribution in [0.15, 0.2) is 42.7 Å². The maximum Gasteiger partial charge on any atom is 0.253 e. The minimum atomic E-state index is -0.272. The van der Waals surface area contributed by atoms with Gasteiger partial charge in [0.2, 0.25) is 0 Å². The third-order valence-corrected chi connectivity index (χ3v) is 4.12. The molecule has 2 heterocycles. The van der Waals surface area contributed by atoms with Gasteiger partial charge in [0.05, 0.1) is 17.4 Å². The van der Waals surface area contributed by atoms with Gasteiger partial charge in [0.15, 0.2) is 0 Å². The lowest BCUT2D eigenvalue weighted by Crippen LogP contribution is -2.40. The van der Waals surface area contributed by atoms with Crippen LogP contribution in [-0.2, 0) is 0 Å². The molecule has 1 aliphatic rings. The largest absolute Gasteiger partial charge is 0.372 e. The van der Waals surface area contributed by atoms with Crippen molar-refractivity contribution in [2.45, 2.75) is 39.2 Å². The average Bonchev–Trinajstić information content (AvgIpc) is 3.09. The molecule has 1 saturated heterocycles. The standard InChI is InChI=1S/C20H26N4O/c1-20(2,3)23-19(25)15-12-17(14-21-13-15)22-16-6-8-18(9-7-16)24-10-4-5-11-24/h6-9,12-14,22H,4-5,10-11H2,1-3H3,(H,23,25). The fourth-order valence-electron chi connectivity index (χ4n) is 2.94. The number of benzene rings is 1. The van der Waals surface area contributed by atoms with E-state index in [0.29, 0.717) is 5.56 Å². The lowest BCUT2D eigenvalue weighted by atomic mass is 10.1. The van der Waals surface area contributed by atoms with E-state index in [2.05, 4.69) is 44.8 Å². The molecule has 5 nitrogen and oxygen atoms in total. The molecule has 0 atom stereocenters. The second-order valence-corrected chi connectivity index (χ2v) is 7.53. The molecule has 0 aliphatic carbocycles. The number of carbonyl (C=O) groups excluding carboxylic acids is 1. The normalized spacial score (nSPS) is 14.4. The van der Waals surface area contributed by atoms with Crippen LogP contribution in [0.5, 0.6) is 0 Å². The second-order valence-electron chi connectivity index (χ2n) is 7.53. The molecule has 132 valence electrons. The van der Waals surface area contributed by atoms with Gasteiger partial charge in [-0.25, -0.2) is 0 Å². The van der Waals surface area contributed by atoms with E-state index in [1.165, 1.54) is 18.5 Å². The van der Waals surface area contributed by atoms with Crippen molar-refractivity contribution in [3.05, 3.63) is 48.3 Å². The number of aromatic nitrogens is 1. The molecule has 5 heteroatoms. The van der Waals surface area contributed by atoms with Gasteiger partial charge >= 0.3 is 0 Å². The van der Waals surface area contributed by atoms with Crippen molar-refractivity contribution in [3.8, 4) is 0 Å². The summed E-state index contributed by atoms with van der Waals surface area (Å²) >= 11 is 0. The number of rotatable bonds is 4. The Bertz CT molecular complexity index is 728. The van der Waals surface area contributed by atoms with Gasteiger partial charge in [-0.3, -0.25) is 9.78 Å². The average molecular weight is 338 g/mol. The second kappa shape index (κ2) is 7.13. The molecule has 0 saturated carbocycles. The fourth-order valence-corrected chi connectivity index (χ4v) is 2.94. The molecule has 0 unspecified atom stereocenters. The molecule has 1 fully saturated rings. The monoisotopic (exact) mass is 338 g/mol. The van der Waals surface area contributed by atoms with Crippen molar-refractivity contribution >= 4 is 23.0 Å². The Morgan fingerprint density at radius 3 is 2.36 bits per heavy atom. The Morgan fingerprint density at radius 2 is 1.72 bits per heavy atom. The summed E-state index contributed by atoms with van der Waals surface area (Å²) in [6, 6.07) is 10.2. The number of nitrogens with zero attached hydrogens (tertiary/aromatic N) is 2. The van der Waals surface area contributed by atoms with Crippen LogP contribution in [0, 0.1) is 0 Å². The van der Waals surface area contributed by atoms with Crippen molar-refractivity contribution in [1.82, 2.24) is 10.3 Å². The maximum absolute atomic E-state index is 12.3. The van der Waals surface area contributed by atoms with Crippen LogP contribution in [-0.4, -0.2) is 29.5 Å². The SMILES string of the molecule is CC(C)(C)NC(=O)c1cncc(Nc2ccc(N3CCCC3)cc2)c1. The molecule has 3 rings (SSSR count). The predicted molar refractivity (Wildman–Crippen MR) is 103 cm³/mol. The first kappa shape index (κ1) is 17.3. The predicted octanol–water partition coefficient (Wildman–Crippen LogP) is 3.95. The number of nitrogens with one attached hydrogen (secondary N) is 2. The first-order chi connectivity index (χ1) is 11.9. The van der Waals surface area contributed by atoms with Crippen LogP contribution in [0.2, 0.25) is 0 Å². The van der Waals surface area contributed by atoms with Crippen LogP contribution in [0.3, 0.4) is 0 Å². The number of amides is 1. The summed E-state index contributed by atoms with van der Waals surface area (Å²) < 4.78 is 0. The molecule has 25 heavy (non-hydrogen) atoms. The zero-order chi connectivity index (χ0) is 17.9. The number of hydrogen-bond donors (Lipinski definition) is 2. The van der Waals surface area contributed by atoms with E-state index in [0.717, 1.165) is 24.5 Å². The molecule has 1 aliphatic heterocycles. The van der Waals surface area contributed by atoms with E-state index in [9.17, 15) is 4.79 Å². The molecule has 0 bridgehead atoms. The number of anilines is 3. The van der Waals surface area contributed by atoms with Gasteiger partial charge in [-0.1, -0.05) is 0 Å². The Hall–Kier alpha value is -2.56. The zero-order valence-electron chi connectivity index (χ0n) is 15.2. The van der Waals surface area contributed by atoms with E-state index in [1.807, 2.05) is 26.8 Å². The third kappa shape index (κ3) is 4.72. The Labute approximate surface area is 149 Å². The highest BCUT2D eigenvalue weighted by molar-refractivity contribution is 5.95. The lowest BCUT2D eigenvalue weighted by molar-refractivity contribution is 0.0919. The smallest absolute Gasteiger partial charge is 0.253 e. The molecular formula is C20H26N4O.